The topological polar surface area (TPSA) is 41.1 Å². The lowest BCUT2D eigenvalue weighted by Crippen LogP contribution is -2.32. The van der Waals surface area contributed by atoms with Gasteiger partial charge in [0.15, 0.2) is 0 Å². The van der Waals surface area contributed by atoms with E-state index in [0.717, 1.165) is 37.7 Å². The van der Waals surface area contributed by atoms with Crippen LogP contribution < -0.4 is 10.2 Å². The van der Waals surface area contributed by atoms with Crippen molar-refractivity contribution in [2.24, 2.45) is 5.92 Å². The molecule has 4 nitrogen and oxygen atoms in total. The molecule has 2 heterocycles. The Labute approximate surface area is 129 Å². The molecular weight excluding hydrogens is 260 g/mol. The average molecular weight is 290 g/mol. The summed E-state index contributed by atoms with van der Waals surface area (Å²) in [7, 11) is 0. The summed E-state index contributed by atoms with van der Waals surface area (Å²) in [6.07, 6.45) is 5.96. The fourth-order valence-electron chi connectivity index (χ4n) is 2.71. The van der Waals surface area contributed by atoms with Crippen LogP contribution in [0.1, 0.15) is 64.4 Å². The highest BCUT2D eigenvalue weighted by Gasteiger charge is 2.17. The Morgan fingerprint density at radius 3 is 2.48 bits per heavy atom. The molecule has 21 heavy (non-hydrogen) atoms. The molecule has 0 radical (unpaired) electrons. The summed E-state index contributed by atoms with van der Waals surface area (Å²) < 4.78 is 0. The summed E-state index contributed by atoms with van der Waals surface area (Å²) in [6, 6.07) is 0. The van der Waals surface area contributed by atoms with Gasteiger partial charge in [0.1, 0.15) is 5.82 Å². The minimum absolute atomic E-state index is 0.379. The van der Waals surface area contributed by atoms with Gasteiger partial charge in [-0.2, -0.15) is 0 Å². The van der Waals surface area contributed by atoms with E-state index >= 15 is 0 Å². The number of nitrogens with zero attached hydrogens (tertiary/aromatic N) is 3. The fourth-order valence-corrected chi connectivity index (χ4v) is 2.71. The molecule has 1 aromatic heterocycles. The number of hydrogen-bond acceptors (Lipinski definition) is 4. The zero-order valence-electron chi connectivity index (χ0n) is 14.0. The van der Waals surface area contributed by atoms with Crippen molar-refractivity contribution in [2.75, 3.05) is 24.5 Å². The van der Waals surface area contributed by atoms with Gasteiger partial charge >= 0.3 is 0 Å². The maximum Gasteiger partial charge on any atom is 0.131 e. The van der Waals surface area contributed by atoms with Crippen LogP contribution in [0.15, 0.2) is 6.20 Å². The van der Waals surface area contributed by atoms with Crippen LogP contribution in [0, 0.1) is 5.92 Å². The third-order valence-electron chi connectivity index (χ3n) is 3.92. The molecule has 2 rings (SSSR count). The van der Waals surface area contributed by atoms with Crippen molar-refractivity contribution in [3.05, 3.63) is 17.7 Å². The molecule has 0 atom stereocenters. The van der Waals surface area contributed by atoms with Crippen molar-refractivity contribution in [3.63, 3.8) is 0 Å². The molecule has 1 N–H and O–H groups in total. The van der Waals surface area contributed by atoms with Gasteiger partial charge in [0.2, 0.25) is 0 Å². The Morgan fingerprint density at radius 1 is 1.14 bits per heavy atom. The Hall–Kier alpha value is -1.16. The summed E-state index contributed by atoms with van der Waals surface area (Å²) in [5.41, 5.74) is 2.40. The van der Waals surface area contributed by atoms with Crippen molar-refractivity contribution in [1.82, 2.24) is 15.3 Å². The van der Waals surface area contributed by atoms with E-state index in [1.54, 1.807) is 0 Å². The first-order valence-corrected chi connectivity index (χ1v) is 8.39. The number of rotatable bonds is 6. The average Bonchev–Trinajstić information content (AvgIpc) is 2.47. The molecular formula is C17H30N4. The molecule has 0 aliphatic carbocycles. The SMILES string of the molecule is CC(C)CNCc1nc(C(C)C)ncc1N1CCCCC1. The van der Waals surface area contributed by atoms with E-state index in [0.29, 0.717) is 11.8 Å². The minimum Gasteiger partial charge on any atom is -0.369 e. The summed E-state index contributed by atoms with van der Waals surface area (Å²) in [5, 5.41) is 3.53. The third kappa shape index (κ3) is 4.67. The molecule has 118 valence electrons. The Kier molecular flexibility index (Phi) is 5.97. The van der Waals surface area contributed by atoms with Crippen molar-refractivity contribution in [3.8, 4) is 0 Å². The van der Waals surface area contributed by atoms with E-state index in [9.17, 15) is 0 Å². The Morgan fingerprint density at radius 2 is 1.86 bits per heavy atom. The first-order chi connectivity index (χ1) is 10.1. The summed E-state index contributed by atoms with van der Waals surface area (Å²) >= 11 is 0. The van der Waals surface area contributed by atoms with Gasteiger partial charge in [-0.25, -0.2) is 9.97 Å². The van der Waals surface area contributed by atoms with E-state index in [1.165, 1.54) is 24.9 Å². The predicted molar refractivity (Wildman–Crippen MR) is 88.7 cm³/mol. The van der Waals surface area contributed by atoms with Gasteiger partial charge in [0.25, 0.3) is 0 Å². The van der Waals surface area contributed by atoms with Crippen molar-refractivity contribution in [2.45, 2.75) is 59.4 Å². The summed E-state index contributed by atoms with van der Waals surface area (Å²) in [6.45, 7) is 12.9. The Bertz CT molecular complexity index is 436. The maximum atomic E-state index is 4.83. The number of piperidine rings is 1. The molecule has 0 spiro atoms. The van der Waals surface area contributed by atoms with Crippen LogP contribution in [0.25, 0.3) is 0 Å². The molecule has 1 aromatic rings. The molecule has 0 unspecified atom stereocenters. The lowest BCUT2D eigenvalue weighted by Gasteiger charge is -2.30. The first-order valence-electron chi connectivity index (χ1n) is 8.39. The van der Waals surface area contributed by atoms with Gasteiger partial charge in [0.05, 0.1) is 17.6 Å². The van der Waals surface area contributed by atoms with Crippen LogP contribution in [0.2, 0.25) is 0 Å². The summed E-state index contributed by atoms with van der Waals surface area (Å²) in [5.74, 6) is 2.00. The zero-order valence-corrected chi connectivity index (χ0v) is 14.0. The van der Waals surface area contributed by atoms with E-state index in [-0.39, 0.29) is 0 Å². The lowest BCUT2D eigenvalue weighted by atomic mass is 10.1. The standard InChI is InChI=1S/C17H30N4/c1-13(2)10-18-11-15-16(21-8-6-5-7-9-21)12-19-17(20-15)14(3)4/h12-14,18H,5-11H2,1-4H3. The maximum absolute atomic E-state index is 4.83. The van der Waals surface area contributed by atoms with Crippen LogP contribution in [-0.4, -0.2) is 29.6 Å². The number of aromatic nitrogens is 2. The van der Waals surface area contributed by atoms with Crippen LogP contribution >= 0.6 is 0 Å². The molecule has 0 amide bonds. The molecule has 1 fully saturated rings. The van der Waals surface area contributed by atoms with E-state index < -0.39 is 0 Å². The largest absolute Gasteiger partial charge is 0.369 e. The number of anilines is 1. The second-order valence-corrected chi connectivity index (χ2v) is 6.79. The van der Waals surface area contributed by atoms with Gasteiger partial charge in [-0.15, -0.1) is 0 Å². The van der Waals surface area contributed by atoms with Crippen LogP contribution in [-0.2, 0) is 6.54 Å². The van der Waals surface area contributed by atoms with Crippen molar-refractivity contribution in [1.29, 1.82) is 0 Å². The molecule has 0 bridgehead atoms. The number of hydrogen-bond donors (Lipinski definition) is 1. The molecule has 1 saturated heterocycles. The minimum atomic E-state index is 0.379. The molecule has 1 aliphatic heterocycles. The van der Waals surface area contributed by atoms with Crippen molar-refractivity contribution < 1.29 is 0 Å². The highest BCUT2D eigenvalue weighted by molar-refractivity contribution is 5.49. The van der Waals surface area contributed by atoms with Crippen LogP contribution in [0.4, 0.5) is 5.69 Å². The second-order valence-electron chi connectivity index (χ2n) is 6.79. The van der Waals surface area contributed by atoms with E-state index in [1.807, 2.05) is 6.20 Å². The first kappa shape index (κ1) is 16.2. The molecule has 0 saturated carbocycles. The lowest BCUT2D eigenvalue weighted by molar-refractivity contribution is 0.540. The molecule has 4 heteroatoms. The van der Waals surface area contributed by atoms with Gasteiger partial charge in [-0.05, 0) is 31.7 Å². The predicted octanol–water partition coefficient (Wildman–Crippen LogP) is 3.34. The monoisotopic (exact) mass is 290 g/mol. The highest BCUT2D eigenvalue weighted by atomic mass is 15.2. The normalized spacial score (nSPS) is 16.0. The van der Waals surface area contributed by atoms with Gasteiger partial charge in [-0.3, -0.25) is 0 Å². The smallest absolute Gasteiger partial charge is 0.131 e. The highest BCUT2D eigenvalue weighted by Crippen LogP contribution is 2.23. The van der Waals surface area contributed by atoms with E-state index in [4.69, 9.17) is 4.98 Å². The van der Waals surface area contributed by atoms with E-state index in [2.05, 4.69) is 42.9 Å². The molecule has 1 aliphatic rings. The van der Waals surface area contributed by atoms with Gasteiger partial charge in [0, 0.05) is 25.6 Å². The van der Waals surface area contributed by atoms with Gasteiger partial charge < -0.3 is 10.2 Å². The second kappa shape index (κ2) is 7.74. The zero-order chi connectivity index (χ0) is 15.2. The molecule has 0 aromatic carbocycles. The van der Waals surface area contributed by atoms with Crippen LogP contribution in [0.5, 0.6) is 0 Å². The van der Waals surface area contributed by atoms with Crippen LogP contribution in [0.3, 0.4) is 0 Å². The fraction of sp³-hybridized carbons (Fsp3) is 0.765. The Balaban J connectivity index is 2.16. The van der Waals surface area contributed by atoms with Crippen molar-refractivity contribution >= 4 is 5.69 Å². The quantitative estimate of drug-likeness (QED) is 0.872. The summed E-state index contributed by atoms with van der Waals surface area (Å²) in [4.78, 5) is 11.9. The number of nitrogens with one attached hydrogen (secondary N) is 1. The third-order valence-corrected chi connectivity index (χ3v) is 3.92. The van der Waals surface area contributed by atoms with Gasteiger partial charge in [-0.1, -0.05) is 27.7 Å².